The number of aryl methyl sites for hydroxylation is 2. The summed E-state index contributed by atoms with van der Waals surface area (Å²) in [4.78, 5) is 13.4. The molecule has 0 saturated heterocycles. The first-order valence-electron chi connectivity index (χ1n) is 45.4. The Balaban J connectivity index is 0.000000213. The number of aliphatic hydroxyl groups excluding tert-OH is 1. The number of aromatic nitrogens is 2. The summed E-state index contributed by atoms with van der Waals surface area (Å²) < 4.78 is 164. The molecule has 6 aromatic rings. The van der Waals surface area contributed by atoms with Crippen LogP contribution in [0, 0.1) is 25.7 Å². The van der Waals surface area contributed by atoms with Gasteiger partial charge in [-0.25, -0.2) is 0 Å². The topological polar surface area (TPSA) is 123 Å². The van der Waals surface area contributed by atoms with Gasteiger partial charge in [0.2, 0.25) is 11.4 Å². The number of fused-ring (bicyclic) bond motifs is 4. The minimum atomic E-state index is -10.7. The molecule has 0 bridgehead atoms. The van der Waals surface area contributed by atoms with E-state index in [0.29, 0.717) is 11.8 Å². The fourth-order valence-corrected chi connectivity index (χ4v) is 19.6. The molecule has 131 heavy (non-hydrogen) atoms. The number of allylic oxidation sites excluding steroid dienone is 15. The van der Waals surface area contributed by atoms with Crippen LogP contribution in [0.25, 0.3) is 0 Å². The van der Waals surface area contributed by atoms with Crippen LogP contribution in [0.15, 0.2) is 215 Å². The monoisotopic (exact) mass is 1890 g/mol. The second-order valence-corrected chi connectivity index (χ2v) is 41.4. The van der Waals surface area contributed by atoms with Crippen LogP contribution in [-0.2, 0) is 45.3 Å². The Morgan fingerprint density at radius 1 is 0.443 bits per heavy atom. The van der Waals surface area contributed by atoms with Gasteiger partial charge in [0.15, 0.2) is 24.5 Å². The fourth-order valence-electron chi connectivity index (χ4n) is 19.3. The van der Waals surface area contributed by atoms with Gasteiger partial charge in [0.25, 0.3) is 0 Å². The molecule has 6 heterocycles. The molecule has 2 aromatic heterocycles. The molecule has 8 aliphatic rings. The first kappa shape index (κ1) is 105. The molecule has 0 radical (unpaired) electrons. The number of hydrogen-bond acceptors (Lipinski definition) is 12. The maximum atomic E-state index is 10.1. The first-order valence-corrected chi connectivity index (χ1v) is 49.8. The van der Waals surface area contributed by atoms with Crippen LogP contribution < -0.4 is 19.3 Å². The number of halogens is 13. The number of methoxy groups -OCH3 is 6. The summed E-state index contributed by atoms with van der Waals surface area (Å²) in [6.07, 6.45) is 45.6. The SMILES string of the molecule is COCCCN1/C(=C/C=C2\CCC(/C=C/C3=[N+](CCCOC)c4ccc(OC)cc4C3(C)C)=C2Cl)C(C)(C)c2cc(C)ccc21.COCCCN1/C(=C/C=C2\CCC(/C=C/C3=[N+](CCCOC)c4ccc(OC)cc4C3(C)C)=C2OC(c2ccncc2)C2CCCCC2)C(C)(C)c2cc(C)ccc21.F[P-](F)(F)(F)(F)F.F[P-](F)(F)(F)(F)F.OC(c1ccncc1)C1CCCCC1. The van der Waals surface area contributed by atoms with Crippen molar-refractivity contribution < 1.29 is 97.8 Å². The van der Waals surface area contributed by atoms with Crippen molar-refractivity contribution in [1.29, 1.82) is 0 Å². The zero-order chi connectivity index (χ0) is 95.8. The van der Waals surface area contributed by atoms with E-state index in [1.165, 1.54) is 171 Å². The van der Waals surface area contributed by atoms with Gasteiger partial charge in [-0.3, -0.25) is 9.97 Å². The second kappa shape index (κ2) is 42.2. The molecule has 0 amide bonds. The number of pyridine rings is 2. The number of rotatable bonds is 30. The number of hydrogen-bond donors (Lipinski definition) is 1. The Labute approximate surface area is 771 Å². The minimum Gasteiger partial charge on any atom is -0.388 e. The Morgan fingerprint density at radius 3 is 1.24 bits per heavy atom. The number of anilines is 2. The average molecular weight is 1900 g/mol. The van der Waals surface area contributed by atoms with E-state index in [2.05, 4.69) is 232 Å². The normalized spacial score (nSPS) is 20.9. The summed E-state index contributed by atoms with van der Waals surface area (Å²) in [6, 6.07) is 34.8. The van der Waals surface area contributed by atoms with Crippen molar-refractivity contribution >= 4 is 61.4 Å². The predicted molar refractivity (Wildman–Crippen MR) is 507 cm³/mol. The van der Waals surface area contributed by atoms with Crippen molar-refractivity contribution in [2.75, 3.05) is 105 Å². The number of aliphatic hydroxyl groups is 1. The van der Waals surface area contributed by atoms with Crippen molar-refractivity contribution in [2.45, 2.75) is 219 Å². The molecule has 720 valence electrons. The molecule has 2 unspecified atom stereocenters. The van der Waals surface area contributed by atoms with E-state index in [0.717, 1.165) is 132 Å². The quantitative estimate of drug-likeness (QED) is 0.0200. The van der Waals surface area contributed by atoms with Crippen LogP contribution in [0.5, 0.6) is 11.5 Å². The molecule has 14 rings (SSSR count). The Kier molecular flexibility index (Phi) is 33.7. The fraction of sp³-hybridized carbons (Fsp3) is 0.490. The molecule has 2 fully saturated rings. The van der Waals surface area contributed by atoms with Crippen LogP contribution in [0.1, 0.15) is 228 Å². The first-order chi connectivity index (χ1) is 61.4. The molecule has 1 N–H and O–H groups in total. The number of nitrogens with zero attached hydrogens (tertiary/aromatic N) is 6. The standard InChI is InChI=1S/C51H66N3O4.C39H50ClN2O3.C12H17NO.2F6P/c1-36-16-22-44-42(34-36)50(2,3)46(53(44)30-12-32-55-6)24-19-38-17-18-39(49(38)58-48(37-14-10-9-11-15-37)40-26-28-52-29-27-40)20-25-47-51(4,5)43-35-41(57-8)21-23-45(43)54(47)31-13-33-56-7;1-27-11-17-33-31(25-27)38(2,3)35(41(33)21-9-23-43-6)19-14-28-12-13-29(37(28)40)15-20-36-39(4,5)32-26-30(45-8)16-18-34(32)42(36)22-10-24-44-7;14-12(10-4-2-1-3-5-10)11-6-8-13-9-7-11;2*1-7(2,3,4,5)6/h16,19-29,34-35,37,48H,9-15,17-18,30-33H2,1-8H3;11,14-20,25-26H,9-10,12-13,21-24H2,1-8H3;6-10,12,14H,1-5H2;;/q2*+1;;2*-1. The molecule has 4 aliphatic heterocycles. The zero-order valence-corrected chi connectivity index (χ0v) is 81.2. The molecule has 0 spiro atoms. The van der Waals surface area contributed by atoms with E-state index in [1.54, 1.807) is 55.1 Å². The minimum absolute atomic E-state index is 0.0330. The molecule has 4 aliphatic carbocycles. The smallest absolute Gasteiger partial charge is 0.0819 e. The van der Waals surface area contributed by atoms with E-state index >= 15 is 0 Å². The Bertz CT molecular complexity index is 5260. The van der Waals surface area contributed by atoms with Gasteiger partial charge in [-0.2, -0.15) is 9.15 Å². The third-order valence-electron chi connectivity index (χ3n) is 26.0. The zero-order valence-electron chi connectivity index (χ0n) is 78.7. The summed E-state index contributed by atoms with van der Waals surface area (Å²) in [7, 11) is -10.7. The van der Waals surface area contributed by atoms with Gasteiger partial charge in [0.1, 0.15) is 23.4 Å². The summed E-state index contributed by atoms with van der Waals surface area (Å²) in [5.74, 6) is 3.73. The number of benzene rings is 4. The van der Waals surface area contributed by atoms with Gasteiger partial charge in [-0.05, 0) is 235 Å². The molecule has 4 aromatic carbocycles. The van der Waals surface area contributed by atoms with Crippen molar-refractivity contribution in [3.05, 3.63) is 259 Å². The van der Waals surface area contributed by atoms with Crippen LogP contribution in [-0.4, -0.2) is 131 Å². The third-order valence-corrected chi connectivity index (χ3v) is 26.4. The van der Waals surface area contributed by atoms with Crippen molar-refractivity contribution in [3.63, 3.8) is 0 Å². The van der Waals surface area contributed by atoms with E-state index < -0.39 is 15.6 Å². The molecular weight excluding hydrogens is 1760 g/mol. The van der Waals surface area contributed by atoms with E-state index in [9.17, 15) is 55.5 Å². The Hall–Kier alpha value is -8.45. The molecule has 29 heteroatoms. The molecular formula is C102H133ClF12N6O8P2. The summed E-state index contributed by atoms with van der Waals surface area (Å²) >= 11 is 7.12. The van der Waals surface area contributed by atoms with E-state index in [1.807, 2.05) is 24.5 Å². The largest absolute Gasteiger partial charge is 0.388 e. The van der Waals surface area contributed by atoms with Gasteiger partial charge in [0, 0.05) is 172 Å². The molecule has 2 atom stereocenters. The van der Waals surface area contributed by atoms with Gasteiger partial charge < -0.3 is 48.1 Å². The summed E-state index contributed by atoms with van der Waals surface area (Å²) in [6.45, 7) is 29.6. The van der Waals surface area contributed by atoms with E-state index in [4.69, 9.17) is 44.8 Å². The predicted octanol–water partition coefficient (Wildman–Crippen LogP) is 29.8. The molecule has 14 nitrogen and oxygen atoms in total. The molecule has 2 saturated carbocycles. The van der Waals surface area contributed by atoms with Crippen molar-refractivity contribution in [1.82, 2.24) is 9.97 Å². The van der Waals surface area contributed by atoms with E-state index in [-0.39, 0.29) is 33.9 Å². The van der Waals surface area contributed by atoms with Gasteiger partial charge in [-0.15, -0.1) is 0 Å². The maximum absolute atomic E-state index is 10.7. The van der Waals surface area contributed by atoms with Crippen LogP contribution >= 0.6 is 27.2 Å². The van der Waals surface area contributed by atoms with Gasteiger partial charge in [0.05, 0.1) is 44.4 Å². The van der Waals surface area contributed by atoms with Crippen LogP contribution in [0.4, 0.5) is 73.1 Å². The summed E-state index contributed by atoms with van der Waals surface area (Å²) in [5, 5.41) is 11.0. The van der Waals surface area contributed by atoms with Crippen molar-refractivity contribution in [2.24, 2.45) is 11.8 Å². The number of ether oxygens (including phenoxy) is 7. The van der Waals surface area contributed by atoms with Crippen molar-refractivity contribution in [3.8, 4) is 11.5 Å². The third kappa shape index (κ3) is 28.8. The van der Waals surface area contributed by atoms with Crippen LogP contribution in [0.2, 0.25) is 0 Å². The Morgan fingerprint density at radius 2 is 0.824 bits per heavy atom. The average Bonchev–Trinajstić information content (AvgIpc) is 1.59. The van der Waals surface area contributed by atoms with Gasteiger partial charge in [-0.1, -0.05) is 131 Å². The maximum Gasteiger partial charge on any atom is 0.0819 e. The van der Waals surface area contributed by atoms with Gasteiger partial charge >= 0.3 is 66.0 Å². The second-order valence-electron chi connectivity index (χ2n) is 37.2. The van der Waals surface area contributed by atoms with Crippen LogP contribution in [0.3, 0.4) is 0 Å². The summed E-state index contributed by atoms with van der Waals surface area (Å²) in [5.41, 5.74) is 24.7.